The van der Waals surface area contributed by atoms with Gasteiger partial charge in [0.25, 0.3) is 5.91 Å². The summed E-state index contributed by atoms with van der Waals surface area (Å²) in [5, 5.41) is 6.05. The van der Waals surface area contributed by atoms with Crippen LogP contribution in [0.2, 0.25) is 5.02 Å². The van der Waals surface area contributed by atoms with Crippen molar-refractivity contribution >= 4 is 29.2 Å². The number of likely N-dealkylation sites (N-methyl/N-ethyl adjacent to an activating group) is 1. The molecule has 2 N–H and O–H groups in total. The lowest BCUT2D eigenvalue weighted by Crippen LogP contribution is -2.37. The highest BCUT2D eigenvalue weighted by Gasteiger charge is 2.27. The Morgan fingerprint density at radius 3 is 2.62 bits per heavy atom. The number of likely N-dealkylation sites (tertiary alicyclic amines) is 1. The van der Waals surface area contributed by atoms with Crippen molar-refractivity contribution < 1.29 is 9.59 Å². The van der Waals surface area contributed by atoms with Crippen LogP contribution in [0.5, 0.6) is 0 Å². The Morgan fingerprint density at radius 2 is 2.04 bits per heavy atom. The summed E-state index contributed by atoms with van der Waals surface area (Å²) >= 11 is 6.16. The summed E-state index contributed by atoms with van der Waals surface area (Å²) in [6, 6.07) is 5.10. The molecule has 24 heavy (non-hydrogen) atoms. The molecule has 0 bridgehead atoms. The van der Waals surface area contributed by atoms with Gasteiger partial charge in [-0.3, -0.25) is 4.79 Å². The summed E-state index contributed by atoms with van der Waals surface area (Å²) in [4.78, 5) is 28.4. The molecular weight excluding hydrogens is 328 g/mol. The van der Waals surface area contributed by atoms with E-state index < -0.39 is 0 Å². The lowest BCUT2D eigenvalue weighted by molar-refractivity contribution is 0.0943. The molecule has 0 radical (unpaired) electrons. The maximum absolute atomic E-state index is 12.4. The molecule has 1 aliphatic rings. The van der Waals surface area contributed by atoms with E-state index in [-0.39, 0.29) is 18.0 Å². The molecule has 6 nitrogen and oxygen atoms in total. The molecule has 0 aliphatic carbocycles. The van der Waals surface area contributed by atoms with Crippen LogP contribution in [0, 0.1) is 0 Å². The van der Waals surface area contributed by atoms with Gasteiger partial charge < -0.3 is 20.4 Å². The second-order valence-electron chi connectivity index (χ2n) is 6.61. The highest BCUT2D eigenvalue weighted by molar-refractivity contribution is 6.33. The Labute approximate surface area is 148 Å². The number of hydrogen-bond donors (Lipinski definition) is 2. The van der Waals surface area contributed by atoms with E-state index in [9.17, 15) is 9.59 Å². The van der Waals surface area contributed by atoms with Crippen LogP contribution in [0.15, 0.2) is 18.2 Å². The van der Waals surface area contributed by atoms with Gasteiger partial charge in [-0.2, -0.15) is 0 Å². The van der Waals surface area contributed by atoms with E-state index in [1.807, 2.05) is 27.9 Å². The van der Waals surface area contributed by atoms with Crippen molar-refractivity contribution in [1.82, 2.24) is 15.1 Å². The number of nitrogens with zero attached hydrogens (tertiary/aromatic N) is 2. The van der Waals surface area contributed by atoms with E-state index in [1.54, 1.807) is 23.1 Å². The van der Waals surface area contributed by atoms with Gasteiger partial charge in [0.15, 0.2) is 0 Å². The topological polar surface area (TPSA) is 64.7 Å². The van der Waals surface area contributed by atoms with Gasteiger partial charge in [0.05, 0.1) is 10.7 Å². The number of carbonyl (C=O) groups excluding carboxylic acids is 2. The molecule has 1 fully saturated rings. The van der Waals surface area contributed by atoms with Crippen LogP contribution in [0.1, 0.15) is 30.6 Å². The number of benzene rings is 1. The number of carbonyl (C=O) groups is 2. The third kappa shape index (κ3) is 4.61. The van der Waals surface area contributed by atoms with Crippen molar-refractivity contribution in [2.24, 2.45) is 0 Å². The first-order valence-corrected chi connectivity index (χ1v) is 8.48. The minimum atomic E-state index is -0.192. The van der Waals surface area contributed by atoms with E-state index in [0.717, 1.165) is 6.42 Å². The fraction of sp³-hybridized carbons (Fsp3) is 0.529. The van der Waals surface area contributed by atoms with Gasteiger partial charge in [-0.1, -0.05) is 11.6 Å². The van der Waals surface area contributed by atoms with Gasteiger partial charge in [-0.25, -0.2) is 4.79 Å². The molecule has 0 spiro atoms. The summed E-state index contributed by atoms with van der Waals surface area (Å²) in [6.45, 7) is 5.18. The minimum absolute atomic E-state index is 0.0405. The van der Waals surface area contributed by atoms with Gasteiger partial charge in [-0.05, 0) is 52.6 Å². The molecule has 7 heteroatoms. The molecule has 1 aromatic carbocycles. The number of rotatable bonds is 4. The van der Waals surface area contributed by atoms with Crippen molar-refractivity contribution in [2.75, 3.05) is 32.5 Å². The molecule has 1 atom stereocenters. The van der Waals surface area contributed by atoms with E-state index in [0.29, 0.717) is 35.4 Å². The van der Waals surface area contributed by atoms with Gasteiger partial charge in [0.1, 0.15) is 0 Å². The van der Waals surface area contributed by atoms with E-state index in [1.165, 1.54) is 0 Å². The highest BCUT2D eigenvalue weighted by Crippen LogP contribution is 2.24. The number of halogens is 1. The first kappa shape index (κ1) is 18.5. The quantitative estimate of drug-likeness (QED) is 0.875. The Morgan fingerprint density at radius 1 is 1.33 bits per heavy atom. The smallest absolute Gasteiger partial charge is 0.321 e. The summed E-state index contributed by atoms with van der Waals surface area (Å²) < 4.78 is 0. The van der Waals surface area contributed by atoms with Gasteiger partial charge in [0, 0.05) is 30.7 Å². The highest BCUT2D eigenvalue weighted by atomic mass is 35.5. The lowest BCUT2D eigenvalue weighted by atomic mass is 10.1. The standard InChI is InChI=1S/C17H25ClN4O2/c1-11(2)19-16(23)12-5-6-14(18)15(9-12)20-17(24)22-8-7-13(10-22)21(3)4/h5-6,9,11,13H,7-8,10H2,1-4H3,(H,19,23)(H,20,24)/t13-/m1/s1. The Hall–Kier alpha value is -1.79. The number of hydrogen-bond acceptors (Lipinski definition) is 3. The van der Waals surface area contributed by atoms with Crippen LogP contribution in [0.4, 0.5) is 10.5 Å². The summed E-state index contributed by atoms with van der Waals surface area (Å²) in [5.74, 6) is -0.189. The molecule has 3 amide bonds. The summed E-state index contributed by atoms with van der Waals surface area (Å²) in [7, 11) is 4.03. The Bertz CT molecular complexity index is 619. The predicted molar refractivity (Wildman–Crippen MR) is 96.7 cm³/mol. The molecule has 2 rings (SSSR count). The third-order valence-electron chi connectivity index (χ3n) is 4.07. The molecule has 1 heterocycles. The fourth-order valence-electron chi connectivity index (χ4n) is 2.65. The number of nitrogens with one attached hydrogen (secondary N) is 2. The van der Waals surface area contributed by atoms with Crippen molar-refractivity contribution in [3.63, 3.8) is 0 Å². The van der Waals surface area contributed by atoms with E-state index in [2.05, 4.69) is 15.5 Å². The average Bonchev–Trinajstić information content (AvgIpc) is 2.98. The third-order valence-corrected chi connectivity index (χ3v) is 4.40. The van der Waals surface area contributed by atoms with Gasteiger partial charge >= 0.3 is 6.03 Å². The molecular formula is C17H25ClN4O2. The summed E-state index contributed by atoms with van der Waals surface area (Å²) in [5.41, 5.74) is 0.919. The van der Waals surface area contributed by atoms with Crippen LogP contribution < -0.4 is 10.6 Å². The van der Waals surface area contributed by atoms with Crippen LogP contribution in [0.3, 0.4) is 0 Å². The van der Waals surface area contributed by atoms with Gasteiger partial charge in [-0.15, -0.1) is 0 Å². The van der Waals surface area contributed by atoms with E-state index in [4.69, 9.17) is 11.6 Å². The largest absolute Gasteiger partial charge is 0.350 e. The van der Waals surface area contributed by atoms with Crippen molar-refractivity contribution in [1.29, 1.82) is 0 Å². The number of anilines is 1. The lowest BCUT2D eigenvalue weighted by Gasteiger charge is -2.21. The first-order valence-electron chi connectivity index (χ1n) is 8.10. The molecule has 0 aromatic heterocycles. The second-order valence-corrected chi connectivity index (χ2v) is 7.01. The Balaban J connectivity index is 2.06. The predicted octanol–water partition coefficient (Wildman–Crippen LogP) is 2.65. The molecule has 1 saturated heterocycles. The number of amides is 3. The van der Waals surface area contributed by atoms with Crippen molar-refractivity contribution in [3.05, 3.63) is 28.8 Å². The Kier molecular flexibility index (Phi) is 6.07. The zero-order valence-corrected chi connectivity index (χ0v) is 15.4. The molecule has 1 aromatic rings. The first-order chi connectivity index (χ1) is 11.3. The van der Waals surface area contributed by atoms with Crippen LogP contribution in [-0.4, -0.2) is 61.0 Å². The van der Waals surface area contributed by atoms with Crippen LogP contribution in [0.25, 0.3) is 0 Å². The normalized spacial score (nSPS) is 17.5. The molecule has 1 aliphatic heterocycles. The molecule has 132 valence electrons. The zero-order chi connectivity index (χ0) is 17.9. The van der Waals surface area contributed by atoms with Gasteiger partial charge in [0.2, 0.25) is 0 Å². The summed E-state index contributed by atoms with van der Waals surface area (Å²) in [6.07, 6.45) is 0.949. The van der Waals surface area contributed by atoms with E-state index >= 15 is 0 Å². The monoisotopic (exact) mass is 352 g/mol. The maximum atomic E-state index is 12.4. The fourth-order valence-corrected chi connectivity index (χ4v) is 2.81. The second kappa shape index (κ2) is 7.85. The van der Waals surface area contributed by atoms with Crippen LogP contribution in [-0.2, 0) is 0 Å². The maximum Gasteiger partial charge on any atom is 0.321 e. The minimum Gasteiger partial charge on any atom is -0.350 e. The average molecular weight is 353 g/mol. The molecule has 0 saturated carbocycles. The molecule has 0 unspecified atom stereocenters. The van der Waals surface area contributed by atoms with Crippen molar-refractivity contribution in [2.45, 2.75) is 32.4 Å². The zero-order valence-electron chi connectivity index (χ0n) is 14.6. The van der Waals surface area contributed by atoms with Crippen molar-refractivity contribution in [3.8, 4) is 0 Å². The van der Waals surface area contributed by atoms with Crippen LogP contribution >= 0.6 is 11.6 Å². The SMILES string of the molecule is CC(C)NC(=O)c1ccc(Cl)c(NC(=O)N2CC[C@@H](N(C)C)C2)c1. The number of urea groups is 1.